The van der Waals surface area contributed by atoms with Gasteiger partial charge in [0.2, 0.25) is 0 Å². The average Bonchev–Trinajstić information content (AvgIpc) is 3.40. The third-order valence-electron chi connectivity index (χ3n) is 9.74. The summed E-state index contributed by atoms with van der Waals surface area (Å²) >= 11 is 0. The lowest BCUT2D eigenvalue weighted by Crippen LogP contribution is -2.71. The molecule has 4 nitrogen and oxygen atoms in total. The monoisotopic (exact) mass is 405 g/mol. The molecule has 0 radical (unpaired) electrons. The quantitative estimate of drug-likeness (QED) is 0.542. The molecule has 1 aromatic carbocycles. The fourth-order valence-electron chi connectivity index (χ4n) is 8.10. The van der Waals surface area contributed by atoms with Gasteiger partial charge in [0, 0.05) is 33.5 Å². The Hall–Kier alpha value is -1.62. The standard InChI is InChI=1S/C26H33N2O2/c1-8-24(6)13-12-16-22(2,3)14-10-9-11-15-17(14)18-19(28-15)23(4,5)20-21(30-20)26(24,27-7)25(16,18)29/h8-11,16,20-21,28-29H,1,12-13H2,2-7H3/q-1/t16-,20-,21+,24+,25-,26+/m1/s1. The van der Waals surface area contributed by atoms with Crippen molar-refractivity contribution in [3.63, 3.8) is 0 Å². The minimum absolute atomic E-state index is 0.0183. The van der Waals surface area contributed by atoms with Gasteiger partial charge in [-0.3, -0.25) is 0 Å². The second kappa shape index (κ2) is 5.06. The summed E-state index contributed by atoms with van der Waals surface area (Å²) < 4.78 is 6.47. The Bertz CT molecular complexity index is 1110. The van der Waals surface area contributed by atoms with Crippen molar-refractivity contribution in [2.24, 2.45) is 11.3 Å². The molecule has 1 saturated carbocycles. The summed E-state index contributed by atoms with van der Waals surface area (Å²) in [6.45, 7) is 15.6. The predicted octanol–water partition coefficient (Wildman–Crippen LogP) is 5.05. The van der Waals surface area contributed by atoms with E-state index in [0.29, 0.717) is 0 Å². The predicted molar refractivity (Wildman–Crippen MR) is 120 cm³/mol. The smallest absolute Gasteiger partial charge is 0.0936 e. The molecule has 1 saturated heterocycles. The van der Waals surface area contributed by atoms with E-state index in [4.69, 9.17) is 10.1 Å². The Morgan fingerprint density at radius 1 is 1.17 bits per heavy atom. The molecular formula is C26H33N2O2-. The topological polar surface area (TPSA) is 62.6 Å². The van der Waals surface area contributed by atoms with E-state index >= 15 is 0 Å². The first kappa shape index (κ1) is 19.1. The molecule has 2 heterocycles. The molecule has 6 rings (SSSR count). The van der Waals surface area contributed by atoms with Gasteiger partial charge in [0.15, 0.2) is 0 Å². The van der Waals surface area contributed by atoms with Crippen molar-refractivity contribution in [1.82, 2.24) is 4.98 Å². The van der Waals surface area contributed by atoms with E-state index in [1.165, 1.54) is 10.9 Å². The largest absolute Gasteiger partial charge is 0.654 e. The summed E-state index contributed by atoms with van der Waals surface area (Å²) in [5, 5.41) is 19.5. The number of likely N-dealkylation sites (N-methyl/N-ethyl adjacent to an activating group) is 1. The van der Waals surface area contributed by atoms with Crippen molar-refractivity contribution in [2.75, 3.05) is 7.05 Å². The number of aromatic nitrogens is 1. The Kier molecular flexibility index (Phi) is 3.22. The highest BCUT2D eigenvalue weighted by atomic mass is 16.6. The number of nitrogens with one attached hydrogen (secondary N) is 1. The van der Waals surface area contributed by atoms with E-state index in [1.54, 1.807) is 0 Å². The zero-order chi connectivity index (χ0) is 21.5. The van der Waals surface area contributed by atoms with Crippen LogP contribution in [0.1, 0.15) is 64.3 Å². The Morgan fingerprint density at radius 3 is 2.57 bits per heavy atom. The van der Waals surface area contributed by atoms with Gasteiger partial charge < -0.3 is 20.1 Å². The number of fused-ring (bicyclic) bond motifs is 2. The number of nitrogens with zero attached hydrogens (tertiary/aromatic N) is 1. The lowest BCUT2D eigenvalue weighted by molar-refractivity contribution is -0.170. The normalized spacial score (nSPS) is 44.3. The lowest BCUT2D eigenvalue weighted by atomic mass is 9.43. The molecule has 30 heavy (non-hydrogen) atoms. The highest BCUT2D eigenvalue weighted by molar-refractivity contribution is 5.92. The number of aromatic amines is 1. The zero-order valence-electron chi connectivity index (χ0n) is 19.0. The number of hydrogen-bond acceptors (Lipinski definition) is 2. The highest BCUT2D eigenvalue weighted by Gasteiger charge is 2.76. The molecular weight excluding hydrogens is 372 g/mol. The summed E-state index contributed by atoms with van der Waals surface area (Å²) in [5.74, 6) is 0.0492. The summed E-state index contributed by atoms with van der Waals surface area (Å²) in [4.78, 5) is 3.75. The molecule has 0 bridgehead atoms. The number of H-pyrrole nitrogens is 1. The number of epoxide rings is 1. The number of benzene rings is 1. The maximum absolute atomic E-state index is 13.2. The fraction of sp³-hybridized carbons (Fsp3) is 0.615. The average molecular weight is 406 g/mol. The van der Waals surface area contributed by atoms with Crippen LogP contribution in [0.3, 0.4) is 0 Å². The van der Waals surface area contributed by atoms with Crippen molar-refractivity contribution < 1.29 is 9.84 Å². The van der Waals surface area contributed by atoms with Gasteiger partial charge in [0.25, 0.3) is 0 Å². The Morgan fingerprint density at radius 2 is 1.90 bits per heavy atom. The molecule has 0 spiro atoms. The molecule has 2 aromatic rings. The summed E-state index contributed by atoms with van der Waals surface area (Å²) in [6.07, 6.45) is 3.82. The second-order valence-corrected chi connectivity index (χ2v) is 11.5. The summed E-state index contributed by atoms with van der Waals surface area (Å²) in [7, 11) is 1.89. The van der Waals surface area contributed by atoms with Gasteiger partial charge in [-0.05, 0) is 35.3 Å². The van der Waals surface area contributed by atoms with Gasteiger partial charge >= 0.3 is 0 Å². The van der Waals surface area contributed by atoms with Crippen LogP contribution in [0.2, 0.25) is 0 Å². The van der Waals surface area contributed by atoms with Crippen molar-refractivity contribution in [2.45, 2.75) is 81.6 Å². The Balaban J connectivity index is 1.86. The van der Waals surface area contributed by atoms with Crippen LogP contribution >= 0.6 is 0 Å². The highest BCUT2D eigenvalue weighted by Crippen LogP contribution is 2.74. The fourth-order valence-corrected chi connectivity index (χ4v) is 8.10. The molecule has 2 fully saturated rings. The van der Waals surface area contributed by atoms with Crippen LogP contribution in [0, 0.1) is 11.3 Å². The summed E-state index contributed by atoms with van der Waals surface area (Å²) in [6, 6.07) is 6.56. The SMILES string of the molecule is C=C[C@@]1(C)CC[C@@H]2C(C)(C)c3cccc4[nH]c5c(c34)[C@@]2(O)[C@]1([N-]C)[C@H]1O[C@H]1C5(C)C. The summed E-state index contributed by atoms with van der Waals surface area (Å²) in [5.41, 5.74) is 1.99. The van der Waals surface area contributed by atoms with E-state index in [2.05, 4.69) is 64.4 Å². The second-order valence-electron chi connectivity index (χ2n) is 11.5. The Labute approximate surface area is 179 Å². The van der Waals surface area contributed by atoms with E-state index in [1.807, 2.05) is 13.1 Å². The van der Waals surface area contributed by atoms with Crippen molar-refractivity contribution >= 4 is 10.9 Å². The van der Waals surface area contributed by atoms with Crippen LogP contribution < -0.4 is 0 Å². The lowest BCUT2D eigenvalue weighted by Gasteiger charge is -2.72. The minimum Gasteiger partial charge on any atom is -0.654 e. The van der Waals surface area contributed by atoms with Crippen LogP contribution in [0.15, 0.2) is 30.9 Å². The molecule has 160 valence electrons. The number of aliphatic hydroxyl groups is 1. The van der Waals surface area contributed by atoms with Gasteiger partial charge in [-0.2, -0.15) is 7.05 Å². The van der Waals surface area contributed by atoms with Crippen LogP contribution in [-0.4, -0.2) is 34.9 Å². The van der Waals surface area contributed by atoms with E-state index in [9.17, 15) is 5.11 Å². The number of hydrogen-bond donors (Lipinski definition) is 2. The molecule has 1 aromatic heterocycles. The van der Waals surface area contributed by atoms with E-state index < -0.39 is 11.1 Å². The van der Waals surface area contributed by atoms with Crippen LogP contribution in [-0.2, 0) is 21.2 Å². The first-order valence-corrected chi connectivity index (χ1v) is 11.3. The molecule has 2 N–H and O–H groups in total. The third-order valence-corrected chi connectivity index (χ3v) is 9.74. The molecule has 4 aliphatic rings. The molecule has 1 aliphatic heterocycles. The van der Waals surface area contributed by atoms with Gasteiger partial charge in [0.05, 0.1) is 17.8 Å². The van der Waals surface area contributed by atoms with Gasteiger partial charge in [-0.15, -0.1) is 6.58 Å². The van der Waals surface area contributed by atoms with Crippen LogP contribution in [0.5, 0.6) is 0 Å². The molecule has 3 aliphatic carbocycles. The van der Waals surface area contributed by atoms with Crippen molar-refractivity contribution in [3.05, 3.63) is 53.0 Å². The molecule has 0 amide bonds. The maximum atomic E-state index is 13.2. The van der Waals surface area contributed by atoms with Crippen LogP contribution in [0.25, 0.3) is 16.2 Å². The van der Waals surface area contributed by atoms with Gasteiger partial charge in [-0.25, -0.2) is 0 Å². The molecule has 4 heteroatoms. The van der Waals surface area contributed by atoms with Crippen molar-refractivity contribution in [1.29, 1.82) is 0 Å². The van der Waals surface area contributed by atoms with E-state index in [-0.39, 0.29) is 34.4 Å². The van der Waals surface area contributed by atoms with Gasteiger partial charge in [0.1, 0.15) is 0 Å². The maximum Gasteiger partial charge on any atom is 0.0936 e. The van der Waals surface area contributed by atoms with Crippen molar-refractivity contribution in [3.8, 4) is 0 Å². The van der Waals surface area contributed by atoms with Gasteiger partial charge in [-0.1, -0.05) is 58.4 Å². The van der Waals surface area contributed by atoms with Crippen LogP contribution in [0.4, 0.5) is 0 Å². The first-order chi connectivity index (χ1) is 14.0. The molecule has 6 atom stereocenters. The first-order valence-electron chi connectivity index (χ1n) is 11.3. The third kappa shape index (κ3) is 1.62. The van der Waals surface area contributed by atoms with E-state index in [0.717, 1.165) is 29.6 Å². The number of rotatable bonds is 2. The zero-order valence-corrected chi connectivity index (χ0v) is 19.0. The number of ether oxygens (including phenoxy) is 1. The minimum atomic E-state index is -1.12. The molecule has 0 unspecified atom stereocenters.